The zero-order valence-corrected chi connectivity index (χ0v) is 16.8. The molecule has 4 nitrogen and oxygen atoms in total. The standard InChI is InChI=1S/C21H25Cl2N3O/c22-17-9-8-15(13-18(17)23)21-19-7-4-10-25(19)11-12-26(21)14-20(27)24-16-5-2-1-3-6-16/h4,7-10,13,16,21H,1-3,5-6,11-12,14H2,(H,24,27). The number of hydrogen-bond acceptors (Lipinski definition) is 2. The van der Waals surface area contributed by atoms with Gasteiger partial charge in [-0.3, -0.25) is 9.69 Å². The van der Waals surface area contributed by atoms with Crippen molar-refractivity contribution in [2.75, 3.05) is 13.1 Å². The molecule has 1 aliphatic heterocycles. The van der Waals surface area contributed by atoms with Gasteiger partial charge in [0.2, 0.25) is 5.91 Å². The van der Waals surface area contributed by atoms with E-state index in [1.54, 1.807) is 0 Å². The third kappa shape index (κ3) is 4.18. The number of hydrogen-bond donors (Lipinski definition) is 1. The summed E-state index contributed by atoms with van der Waals surface area (Å²) in [5.41, 5.74) is 2.25. The van der Waals surface area contributed by atoms with Crippen LogP contribution in [0.1, 0.15) is 49.4 Å². The molecule has 1 atom stereocenters. The molecule has 27 heavy (non-hydrogen) atoms. The molecule has 0 saturated heterocycles. The second kappa shape index (κ2) is 8.26. The predicted octanol–water partition coefficient (Wildman–Crippen LogP) is 4.65. The summed E-state index contributed by atoms with van der Waals surface area (Å²) in [5.74, 6) is 0.118. The first-order valence-electron chi connectivity index (χ1n) is 9.75. The first-order chi connectivity index (χ1) is 13.1. The smallest absolute Gasteiger partial charge is 0.234 e. The maximum Gasteiger partial charge on any atom is 0.234 e. The fourth-order valence-corrected chi connectivity index (χ4v) is 4.68. The zero-order chi connectivity index (χ0) is 18.8. The van der Waals surface area contributed by atoms with Gasteiger partial charge in [-0.15, -0.1) is 0 Å². The molecular weight excluding hydrogens is 381 g/mol. The van der Waals surface area contributed by atoms with Gasteiger partial charge in [0.15, 0.2) is 0 Å². The van der Waals surface area contributed by atoms with Crippen molar-refractivity contribution < 1.29 is 4.79 Å². The number of amides is 1. The minimum atomic E-state index is 0.000576. The van der Waals surface area contributed by atoms with Gasteiger partial charge in [0, 0.05) is 31.0 Å². The van der Waals surface area contributed by atoms with Gasteiger partial charge < -0.3 is 9.88 Å². The third-order valence-corrected chi connectivity index (χ3v) is 6.45. The maximum atomic E-state index is 12.7. The Morgan fingerprint density at radius 3 is 2.67 bits per heavy atom. The number of halogens is 2. The van der Waals surface area contributed by atoms with E-state index < -0.39 is 0 Å². The molecule has 0 bridgehead atoms. The van der Waals surface area contributed by atoms with Gasteiger partial charge >= 0.3 is 0 Å². The summed E-state index contributed by atoms with van der Waals surface area (Å²) in [5, 5.41) is 4.34. The fraction of sp³-hybridized carbons (Fsp3) is 0.476. The highest BCUT2D eigenvalue weighted by molar-refractivity contribution is 6.42. The SMILES string of the molecule is O=C(CN1CCn2cccc2C1c1ccc(Cl)c(Cl)c1)NC1CCCCC1. The molecular formula is C21H25Cl2N3O. The highest BCUT2D eigenvalue weighted by Gasteiger charge is 2.31. The Hall–Kier alpha value is -1.49. The van der Waals surface area contributed by atoms with E-state index in [4.69, 9.17) is 23.2 Å². The molecule has 2 aliphatic rings. The number of carbonyl (C=O) groups excluding carboxylic acids is 1. The largest absolute Gasteiger partial charge is 0.352 e. The summed E-state index contributed by atoms with van der Waals surface area (Å²) in [6.07, 6.45) is 8.02. The van der Waals surface area contributed by atoms with Crippen LogP contribution in [-0.2, 0) is 11.3 Å². The van der Waals surface area contributed by atoms with Gasteiger partial charge in [-0.25, -0.2) is 0 Å². The van der Waals surface area contributed by atoms with Crippen molar-refractivity contribution in [3.63, 3.8) is 0 Å². The van der Waals surface area contributed by atoms with Crippen LogP contribution < -0.4 is 5.32 Å². The average molecular weight is 406 g/mol. The molecule has 1 N–H and O–H groups in total. The molecule has 1 aromatic carbocycles. The molecule has 1 unspecified atom stereocenters. The van der Waals surface area contributed by atoms with E-state index in [1.807, 2.05) is 18.2 Å². The summed E-state index contributed by atoms with van der Waals surface area (Å²) in [6.45, 7) is 2.11. The lowest BCUT2D eigenvalue weighted by Gasteiger charge is -2.37. The van der Waals surface area contributed by atoms with Crippen LogP contribution in [0.4, 0.5) is 0 Å². The van der Waals surface area contributed by atoms with E-state index in [1.165, 1.54) is 25.0 Å². The maximum absolute atomic E-state index is 12.7. The van der Waals surface area contributed by atoms with Gasteiger partial charge in [0.25, 0.3) is 0 Å². The monoisotopic (exact) mass is 405 g/mol. The van der Waals surface area contributed by atoms with Crippen LogP contribution in [0.15, 0.2) is 36.5 Å². The third-order valence-electron chi connectivity index (χ3n) is 5.71. The van der Waals surface area contributed by atoms with Crippen LogP contribution in [0, 0.1) is 0 Å². The van der Waals surface area contributed by atoms with Gasteiger partial charge in [-0.05, 0) is 42.7 Å². The van der Waals surface area contributed by atoms with Crippen molar-refractivity contribution >= 4 is 29.1 Å². The predicted molar refractivity (Wildman–Crippen MR) is 109 cm³/mol. The molecule has 1 aromatic heterocycles. The van der Waals surface area contributed by atoms with E-state index in [-0.39, 0.29) is 11.9 Å². The summed E-state index contributed by atoms with van der Waals surface area (Å²) in [4.78, 5) is 15.0. The lowest BCUT2D eigenvalue weighted by Crippen LogP contribution is -2.46. The first-order valence-corrected chi connectivity index (χ1v) is 10.5. The quantitative estimate of drug-likeness (QED) is 0.803. The van der Waals surface area contributed by atoms with Crippen molar-refractivity contribution in [1.29, 1.82) is 0 Å². The number of benzene rings is 1. The number of nitrogens with zero attached hydrogens (tertiary/aromatic N) is 2. The number of carbonyl (C=O) groups is 1. The van der Waals surface area contributed by atoms with Crippen LogP contribution in [0.5, 0.6) is 0 Å². The summed E-state index contributed by atoms with van der Waals surface area (Å²) < 4.78 is 2.25. The van der Waals surface area contributed by atoms with Crippen LogP contribution in [0.3, 0.4) is 0 Å². The van der Waals surface area contributed by atoms with Gasteiger partial charge in [0.05, 0.1) is 22.6 Å². The summed E-state index contributed by atoms with van der Waals surface area (Å²) >= 11 is 12.4. The Bertz CT molecular complexity index is 814. The summed E-state index contributed by atoms with van der Waals surface area (Å²) in [6, 6.07) is 10.3. The van der Waals surface area contributed by atoms with Gasteiger partial charge in [0.1, 0.15) is 0 Å². The van der Waals surface area contributed by atoms with E-state index in [0.717, 1.165) is 31.5 Å². The molecule has 0 radical (unpaired) electrons. The van der Waals surface area contributed by atoms with Gasteiger partial charge in [-0.2, -0.15) is 0 Å². The molecule has 2 aromatic rings. The Morgan fingerprint density at radius 1 is 1.07 bits per heavy atom. The van der Waals surface area contributed by atoms with Crippen LogP contribution in [0.2, 0.25) is 10.0 Å². The lowest BCUT2D eigenvalue weighted by atomic mass is 9.95. The van der Waals surface area contributed by atoms with Crippen LogP contribution >= 0.6 is 23.2 Å². The van der Waals surface area contributed by atoms with E-state index in [2.05, 4.69) is 33.1 Å². The second-order valence-electron chi connectivity index (χ2n) is 7.58. The number of aromatic nitrogens is 1. The lowest BCUT2D eigenvalue weighted by molar-refractivity contribution is -0.123. The molecule has 6 heteroatoms. The molecule has 4 rings (SSSR count). The van der Waals surface area contributed by atoms with Gasteiger partial charge in [-0.1, -0.05) is 48.5 Å². The summed E-state index contributed by atoms with van der Waals surface area (Å²) in [7, 11) is 0. The number of nitrogens with one attached hydrogen (secondary N) is 1. The molecule has 1 amide bonds. The zero-order valence-electron chi connectivity index (χ0n) is 15.3. The van der Waals surface area contributed by atoms with Crippen molar-refractivity contribution in [2.45, 2.75) is 50.7 Å². The minimum absolute atomic E-state index is 0.000576. The van der Waals surface area contributed by atoms with Crippen molar-refractivity contribution in [3.05, 3.63) is 57.8 Å². The molecule has 1 saturated carbocycles. The molecule has 2 heterocycles. The van der Waals surface area contributed by atoms with E-state index in [9.17, 15) is 4.79 Å². The Balaban J connectivity index is 1.55. The first kappa shape index (κ1) is 18.9. The molecule has 1 fully saturated rings. The van der Waals surface area contributed by atoms with E-state index in [0.29, 0.717) is 22.6 Å². The highest BCUT2D eigenvalue weighted by atomic mass is 35.5. The Morgan fingerprint density at radius 2 is 1.89 bits per heavy atom. The molecule has 144 valence electrons. The second-order valence-corrected chi connectivity index (χ2v) is 8.39. The normalized spacial score (nSPS) is 21.0. The Labute approximate surface area is 170 Å². The number of rotatable bonds is 4. The fourth-order valence-electron chi connectivity index (χ4n) is 4.37. The van der Waals surface area contributed by atoms with Crippen LogP contribution in [0.25, 0.3) is 0 Å². The highest BCUT2D eigenvalue weighted by Crippen LogP contribution is 2.35. The van der Waals surface area contributed by atoms with Crippen molar-refractivity contribution in [1.82, 2.24) is 14.8 Å². The minimum Gasteiger partial charge on any atom is -0.352 e. The topological polar surface area (TPSA) is 37.3 Å². The van der Waals surface area contributed by atoms with Crippen LogP contribution in [-0.4, -0.2) is 34.5 Å². The van der Waals surface area contributed by atoms with Crippen molar-refractivity contribution in [3.8, 4) is 0 Å². The number of fused-ring (bicyclic) bond motifs is 1. The van der Waals surface area contributed by atoms with Crippen molar-refractivity contribution in [2.24, 2.45) is 0 Å². The Kier molecular flexibility index (Phi) is 5.76. The average Bonchev–Trinajstić information content (AvgIpc) is 3.13. The molecule has 1 aliphatic carbocycles. The molecule has 0 spiro atoms. The van der Waals surface area contributed by atoms with E-state index >= 15 is 0 Å².